The second kappa shape index (κ2) is 7.72. The predicted molar refractivity (Wildman–Crippen MR) is 94.6 cm³/mol. The maximum atomic E-state index is 12.6. The summed E-state index contributed by atoms with van der Waals surface area (Å²) in [5.41, 5.74) is 0.416. The van der Waals surface area contributed by atoms with Crippen LogP contribution in [0.3, 0.4) is 0 Å². The molecule has 1 atom stereocenters. The van der Waals surface area contributed by atoms with Crippen molar-refractivity contribution in [1.29, 1.82) is 0 Å². The van der Waals surface area contributed by atoms with Crippen molar-refractivity contribution >= 4 is 35.0 Å². The van der Waals surface area contributed by atoms with Gasteiger partial charge >= 0.3 is 0 Å². The first-order chi connectivity index (χ1) is 11.6. The molecule has 2 amide bonds. The van der Waals surface area contributed by atoms with Crippen molar-refractivity contribution in [3.05, 3.63) is 33.8 Å². The first-order valence-electron chi connectivity index (χ1n) is 8.30. The Kier molecular flexibility index (Phi) is 5.64. The summed E-state index contributed by atoms with van der Waals surface area (Å²) in [5, 5.41) is 4.01. The van der Waals surface area contributed by atoms with Crippen LogP contribution in [0.25, 0.3) is 0 Å². The van der Waals surface area contributed by atoms with Crippen LogP contribution in [0.1, 0.15) is 29.6 Å². The molecule has 0 spiro atoms. The van der Waals surface area contributed by atoms with Gasteiger partial charge in [-0.3, -0.25) is 9.59 Å². The first-order valence-corrected chi connectivity index (χ1v) is 9.06. The van der Waals surface area contributed by atoms with E-state index in [1.54, 1.807) is 23.1 Å². The summed E-state index contributed by atoms with van der Waals surface area (Å²) in [4.78, 5) is 28.5. The highest BCUT2D eigenvalue weighted by Gasteiger charge is 2.28. The fraction of sp³-hybridized carbons (Fsp3) is 0.529. The lowest BCUT2D eigenvalue weighted by Gasteiger charge is -2.35. The molecule has 2 fully saturated rings. The quantitative estimate of drug-likeness (QED) is 0.889. The molecule has 1 aromatic carbocycles. The fourth-order valence-electron chi connectivity index (χ4n) is 3.27. The van der Waals surface area contributed by atoms with E-state index in [1.807, 2.05) is 4.90 Å². The van der Waals surface area contributed by atoms with E-state index in [4.69, 9.17) is 23.2 Å². The number of carbonyl (C=O) groups is 2. The van der Waals surface area contributed by atoms with E-state index in [9.17, 15) is 9.59 Å². The van der Waals surface area contributed by atoms with E-state index < -0.39 is 0 Å². The van der Waals surface area contributed by atoms with Crippen molar-refractivity contribution in [2.45, 2.75) is 25.3 Å². The van der Waals surface area contributed by atoms with Crippen LogP contribution >= 0.6 is 23.2 Å². The predicted octanol–water partition coefficient (Wildman–Crippen LogP) is 2.42. The number of piperazine rings is 1. The molecule has 130 valence electrons. The van der Waals surface area contributed by atoms with Crippen LogP contribution in [-0.4, -0.2) is 60.4 Å². The van der Waals surface area contributed by atoms with Crippen molar-refractivity contribution in [2.24, 2.45) is 0 Å². The number of rotatable bonds is 3. The molecule has 1 N–H and O–H groups in total. The number of hydrogen-bond acceptors (Lipinski definition) is 3. The Labute approximate surface area is 151 Å². The van der Waals surface area contributed by atoms with Crippen LogP contribution < -0.4 is 5.32 Å². The van der Waals surface area contributed by atoms with E-state index in [1.165, 1.54) is 0 Å². The van der Waals surface area contributed by atoms with E-state index in [0.29, 0.717) is 49.2 Å². The summed E-state index contributed by atoms with van der Waals surface area (Å²) in [5.74, 6) is 0.0364. The van der Waals surface area contributed by atoms with E-state index in [-0.39, 0.29) is 16.8 Å². The number of halogens is 2. The normalized spacial score (nSPS) is 21.2. The minimum Gasteiger partial charge on any atom is -0.339 e. The van der Waals surface area contributed by atoms with Crippen LogP contribution in [0.2, 0.25) is 10.0 Å². The Hall–Kier alpha value is -1.30. The van der Waals surface area contributed by atoms with Gasteiger partial charge in [-0.2, -0.15) is 0 Å². The summed E-state index contributed by atoms with van der Waals surface area (Å²) in [6, 6.07) is 5.37. The molecule has 0 radical (unpaired) electrons. The van der Waals surface area contributed by atoms with Crippen LogP contribution in [-0.2, 0) is 4.79 Å². The summed E-state index contributed by atoms with van der Waals surface area (Å²) < 4.78 is 0. The molecule has 5 nitrogen and oxygen atoms in total. The molecule has 0 saturated carbocycles. The number of amides is 2. The summed E-state index contributed by atoms with van der Waals surface area (Å²) in [6.07, 6.45) is 2.76. The molecule has 0 aliphatic carbocycles. The van der Waals surface area contributed by atoms with Crippen molar-refractivity contribution in [2.75, 3.05) is 32.7 Å². The highest BCUT2D eigenvalue weighted by molar-refractivity contribution is 6.43. The number of carbonyl (C=O) groups excluding carboxylic acids is 2. The standard InChI is InChI=1S/C17H21Cl2N3O2/c18-14-5-1-4-13(16(14)19)17(24)22-9-7-21(8-10-22)15(23)11-12-3-2-6-20-12/h1,4-5,12,20H,2-3,6-11H2. The van der Waals surface area contributed by atoms with Gasteiger partial charge in [0.25, 0.3) is 5.91 Å². The molecule has 0 aromatic heterocycles. The Morgan fingerprint density at radius 1 is 1.12 bits per heavy atom. The Morgan fingerprint density at radius 2 is 1.83 bits per heavy atom. The first kappa shape index (κ1) is 17.5. The maximum Gasteiger partial charge on any atom is 0.255 e. The van der Waals surface area contributed by atoms with Gasteiger partial charge in [-0.1, -0.05) is 29.3 Å². The average molecular weight is 370 g/mol. The van der Waals surface area contributed by atoms with Gasteiger partial charge in [-0.25, -0.2) is 0 Å². The lowest BCUT2D eigenvalue weighted by Crippen LogP contribution is -2.51. The van der Waals surface area contributed by atoms with Gasteiger partial charge < -0.3 is 15.1 Å². The van der Waals surface area contributed by atoms with Gasteiger partial charge in [0.05, 0.1) is 15.6 Å². The van der Waals surface area contributed by atoms with Gasteiger partial charge in [0.15, 0.2) is 0 Å². The second-order valence-electron chi connectivity index (χ2n) is 6.27. The average Bonchev–Trinajstić information content (AvgIpc) is 3.10. The second-order valence-corrected chi connectivity index (χ2v) is 7.06. The van der Waals surface area contributed by atoms with Crippen molar-refractivity contribution in [3.8, 4) is 0 Å². The highest BCUT2D eigenvalue weighted by Crippen LogP contribution is 2.26. The zero-order valence-corrected chi connectivity index (χ0v) is 14.9. The fourth-order valence-corrected chi connectivity index (χ4v) is 3.65. The molecule has 1 unspecified atom stereocenters. The van der Waals surface area contributed by atoms with Crippen molar-refractivity contribution in [3.63, 3.8) is 0 Å². The van der Waals surface area contributed by atoms with Crippen molar-refractivity contribution in [1.82, 2.24) is 15.1 Å². The topological polar surface area (TPSA) is 52.7 Å². The molecule has 7 heteroatoms. The summed E-state index contributed by atoms with van der Waals surface area (Å²) in [6.45, 7) is 3.17. The zero-order chi connectivity index (χ0) is 17.1. The molecule has 2 saturated heterocycles. The molecule has 24 heavy (non-hydrogen) atoms. The van der Waals surface area contributed by atoms with Crippen molar-refractivity contribution < 1.29 is 9.59 Å². The molecule has 2 heterocycles. The van der Waals surface area contributed by atoms with Gasteiger partial charge in [-0.15, -0.1) is 0 Å². The smallest absolute Gasteiger partial charge is 0.255 e. The minimum atomic E-state index is -0.132. The summed E-state index contributed by atoms with van der Waals surface area (Å²) >= 11 is 12.1. The monoisotopic (exact) mass is 369 g/mol. The SMILES string of the molecule is O=C(CC1CCCN1)N1CCN(C(=O)c2cccc(Cl)c2Cl)CC1. The molecule has 0 bridgehead atoms. The third kappa shape index (κ3) is 3.85. The Morgan fingerprint density at radius 3 is 2.50 bits per heavy atom. The molecule has 1 aromatic rings. The third-order valence-electron chi connectivity index (χ3n) is 4.68. The van der Waals surface area contributed by atoms with Crippen LogP contribution in [0.4, 0.5) is 0 Å². The molecule has 2 aliphatic heterocycles. The summed E-state index contributed by atoms with van der Waals surface area (Å²) in [7, 11) is 0. The van der Waals surface area contributed by atoms with Crippen LogP contribution in [0.5, 0.6) is 0 Å². The van der Waals surface area contributed by atoms with Crippen LogP contribution in [0, 0.1) is 0 Å². The molecular formula is C17H21Cl2N3O2. The van der Waals surface area contributed by atoms with E-state index in [2.05, 4.69) is 5.32 Å². The van der Waals surface area contributed by atoms with Gasteiger partial charge in [0, 0.05) is 38.6 Å². The Balaban J connectivity index is 1.55. The molecule has 2 aliphatic rings. The van der Waals surface area contributed by atoms with E-state index in [0.717, 1.165) is 19.4 Å². The maximum absolute atomic E-state index is 12.6. The largest absolute Gasteiger partial charge is 0.339 e. The van der Waals surface area contributed by atoms with E-state index >= 15 is 0 Å². The van der Waals surface area contributed by atoms with Gasteiger partial charge in [0.2, 0.25) is 5.91 Å². The highest BCUT2D eigenvalue weighted by atomic mass is 35.5. The molecule has 3 rings (SSSR count). The van der Waals surface area contributed by atoms with Crippen LogP contribution in [0.15, 0.2) is 18.2 Å². The number of hydrogen-bond donors (Lipinski definition) is 1. The third-order valence-corrected chi connectivity index (χ3v) is 5.50. The minimum absolute atomic E-state index is 0.132. The molecular weight excluding hydrogens is 349 g/mol. The van der Waals surface area contributed by atoms with Gasteiger partial charge in [0.1, 0.15) is 0 Å². The zero-order valence-electron chi connectivity index (χ0n) is 13.4. The number of benzene rings is 1. The number of nitrogens with zero attached hydrogens (tertiary/aromatic N) is 2. The van der Waals surface area contributed by atoms with Gasteiger partial charge in [-0.05, 0) is 31.5 Å². The Bertz CT molecular complexity index is 624. The number of nitrogens with one attached hydrogen (secondary N) is 1. The lowest BCUT2D eigenvalue weighted by molar-refractivity contribution is -0.133. The lowest BCUT2D eigenvalue weighted by atomic mass is 10.1.